The van der Waals surface area contributed by atoms with Gasteiger partial charge in [0, 0.05) is 18.0 Å². The first-order valence-corrected chi connectivity index (χ1v) is 4.90. The smallest absolute Gasteiger partial charge is 0.132 e. The highest BCUT2D eigenvalue weighted by molar-refractivity contribution is 5.70. The molecule has 0 fully saturated rings. The van der Waals surface area contributed by atoms with E-state index in [9.17, 15) is 0 Å². The van der Waals surface area contributed by atoms with Crippen molar-refractivity contribution in [2.75, 3.05) is 5.73 Å². The quantitative estimate of drug-likeness (QED) is 0.767. The summed E-state index contributed by atoms with van der Waals surface area (Å²) < 4.78 is 1.81. The Hall–Kier alpha value is -2.28. The summed E-state index contributed by atoms with van der Waals surface area (Å²) in [7, 11) is 0. The van der Waals surface area contributed by atoms with Crippen molar-refractivity contribution in [2.45, 2.75) is 13.5 Å². The van der Waals surface area contributed by atoms with E-state index in [-0.39, 0.29) is 0 Å². The van der Waals surface area contributed by atoms with E-state index in [1.54, 1.807) is 12.4 Å². The molecule has 0 aliphatic heterocycles. The monoisotopic (exact) mass is 212 g/mol. The molecule has 2 heterocycles. The van der Waals surface area contributed by atoms with E-state index in [1.165, 1.54) is 0 Å². The Bertz CT molecular complexity index is 534. The van der Waals surface area contributed by atoms with Crippen LogP contribution in [0.15, 0.2) is 24.5 Å². The second-order valence-electron chi connectivity index (χ2n) is 3.42. The molecule has 16 heavy (non-hydrogen) atoms. The van der Waals surface area contributed by atoms with Gasteiger partial charge in [-0.1, -0.05) is 5.92 Å². The molecule has 0 spiro atoms. The van der Waals surface area contributed by atoms with Gasteiger partial charge in [-0.05, 0) is 19.1 Å². The van der Waals surface area contributed by atoms with Crippen LogP contribution in [-0.4, -0.2) is 14.5 Å². The predicted molar refractivity (Wildman–Crippen MR) is 63.4 cm³/mol. The molecule has 0 saturated carbocycles. The predicted octanol–water partition coefficient (Wildman–Crippen LogP) is 1.47. The Morgan fingerprint density at radius 1 is 1.56 bits per heavy atom. The fourth-order valence-corrected chi connectivity index (χ4v) is 1.59. The van der Waals surface area contributed by atoms with Crippen molar-refractivity contribution in [1.82, 2.24) is 14.5 Å². The van der Waals surface area contributed by atoms with E-state index in [1.807, 2.05) is 23.6 Å². The lowest BCUT2D eigenvalue weighted by Gasteiger charge is -2.02. The Balaban J connectivity index is 2.53. The maximum absolute atomic E-state index is 6.00. The molecule has 0 aromatic carbocycles. The summed E-state index contributed by atoms with van der Waals surface area (Å²) in [4.78, 5) is 8.44. The van der Waals surface area contributed by atoms with Gasteiger partial charge in [-0.3, -0.25) is 4.98 Å². The summed E-state index contributed by atoms with van der Waals surface area (Å²) in [6, 6.07) is 3.77. The van der Waals surface area contributed by atoms with E-state index >= 15 is 0 Å². The number of rotatable bonds is 2. The van der Waals surface area contributed by atoms with Crippen LogP contribution in [-0.2, 0) is 6.54 Å². The highest BCUT2D eigenvalue weighted by Gasteiger charge is 2.12. The number of hydrogen-bond acceptors (Lipinski definition) is 3. The maximum atomic E-state index is 6.00. The number of imidazole rings is 1. The number of aryl methyl sites for hydroxylation is 1. The minimum absolute atomic E-state index is 0.435. The maximum Gasteiger partial charge on any atom is 0.132 e. The first-order chi connectivity index (χ1) is 7.74. The van der Waals surface area contributed by atoms with Gasteiger partial charge in [0.25, 0.3) is 0 Å². The molecule has 0 radical (unpaired) electrons. The molecule has 2 aromatic rings. The van der Waals surface area contributed by atoms with Gasteiger partial charge in [0.15, 0.2) is 0 Å². The van der Waals surface area contributed by atoms with Crippen molar-refractivity contribution in [1.29, 1.82) is 0 Å². The molecule has 2 aromatic heterocycles. The van der Waals surface area contributed by atoms with Crippen molar-refractivity contribution >= 4 is 5.82 Å². The second-order valence-corrected chi connectivity index (χ2v) is 3.42. The van der Waals surface area contributed by atoms with Crippen molar-refractivity contribution in [3.63, 3.8) is 0 Å². The lowest BCUT2D eigenvalue weighted by Crippen LogP contribution is -2.03. The average Bonchev–Trinajstić information content (AvgIpc) is 2.59. The van der Waals surface area contributed by atoms with E-state index in [2.05, 4.69) is 15.9 Å². The van der Waals surface area contributed by atoms with Crippen molar-refractivity contribution < 1.29 is 0 Å². The number of nitrogen functional groups attached to an aromatic ring is 1. The summed E-state index contributed by atoms with van der Waals surface area (Å²) in [5, 5.41) is 0. The summed E-state index contributed by atoms with van der Waals surface area (Å²) in [5.74, 6) is 3.96. The molecule has 4 heteroatoms. The first kappa shape index (κ1) is 10.2. The zero-order chi connectivity index (χ0) is 11.5. The van der Waals surface area contributed by atoms with Crippen LogP contribution in [0.3, 0.4) is 0 Å². The number of terminal acetylenes is 1. The molecule has 0 saturated heterocycles. The Morgan fingerprint density at radius 2 is 2.38 bits per heavy atom. The average molecular weight is 212 g/mol. The van der Waals surface area contributed by atoms with Crippen LogP contribution in [0.25, 0.3) is 11.3 Å². The minimum atomic E-state index is 0.435. The fraction of sp³-hybridized carbons (Fsp3) is 0.167. The van der Waals surface area contributed by atoms with Crippen LogP contribution in [0.4, 0.5) is 5.82 Å². The zero-order valence-corrected chi connectivity index (χ0v) is 9.01. The van der Waals surface area contributed by atoms with Gasteiger partial charge in [0.1, 0.15) is 17.3 Å². The number of pyridine rings is 1. The molecule has 80 valence electrons. The third-order valence-corrected chi connectivity index (χ3v) is 2.38. The molecular formula is C12H12N4. The Kier molecular flexibility index (Phi) is 2.61. The summed E-state index contributed by atoms with van der Waals surface area (Å²) in [6.45, 7) is 2.32. The van der Waals surface area contributed by atoms with Crippen LogP contribution < -0.4 is 5.73 Å². The molecule has 0 unspecified atom stereocenters. The minimum Gasteiger partial charge on any atom is -0.383 e. The van der Waals surface area contributed by atoms with Crippen molar-refractivity contribution in [3.8, 4) is 23.6 Å². The van der Waals surface area contributed by atoms with Gasteiger partial charge in [-0.25, -0.2) is 4.98 Å². The Morgan fingerprint density at radius 3 is 3.00 bits per heavy atom. The lowest BCUT2D eigenvalue weighted by atomic mass is 10.2. The third-order valence-electron chi connectivity index (χ3n) is 2.38. The highest BCUT2D eigenvalue weighted by atomic mass is 15.1. The topological polar surface area (TPSA) is 56.7 Å². The SMILES string of the molecule is C#CCn1c(C)nc(-c2cccnc2)c1N. The van der Waals surface area contributed by atoms with Gasteiger partial charge in [-0.15, -0.1) is 6.42 Å². The molecule has 4 nitrogen and oxygen atoms in total. The largest absolute Gasteiger partial charge is 0.383 e. The van der Waals surface area contributed by atoms with Gasteiger partial charge >= 0.3 is 0 Å². The molecular weight excluding hydrogens is 200 g/mol. The van der Waals surface area contributed by atoms with Crippen LogP contribution in [0.5, 0.6) is 0 Å². The van der Waals surface area contributed by atoms with Gasteiger partial charge in [0.05, 0.1) is 6.54 Å². The molecule has 0 bridgehead atoms. The van der Waals surface area contributed by atoms with E-state index in [0.717, 1.165) is 17.1 Å². The third kappa shape index (κ3) is 1.63. The van der Waals surface area contributed by atoms with Gasteiger partial charge < -0.3 is 10.3 Å². The standard InChI is InChI=1S/C12H12N4/c1-3-7-16-9(2)15-11(12(16)13)10-5-4-6-14-8-10/h1,4-6,8H,7,13H2,2H3. The highest BCUT2D eigenvalue weighted by Crippen LogP contribution is 2.24. The van der Waals surface area contributed by atoms with E-state index in [4.69, 9.17) is 12.2 Å². The van der Waals surface area contributed by atoms with Gasteiger partial charge in [-0.2, -0.15) is 0 Å². The van der Waals surface area contributed by atoms with Crippen molar-refractivity contribution in [3.05, 3.63) is 30.4 Å². The molecule has 0 amide bonds. The number of anilines is 1. The molecule has 2 rings (SSSR count). The summed E-state index contributed by atoms with van der Waals surface area (Å²) in [5.41, 5.74) is 7.64. The van der Waals surface area contributed by atoms with E-state index < -0.39 is 0 Å². The molecule has 0 atom stereocenters. The number of aromatic nitrogens is 3. The summed E-state index contributed by atoms with van der Waals surface area (Å²) >= 11 is 0. The molecule has 0 aliphatic carbocycles. The molecule has 0 aliphatic rings. The number of hydrogen-bond donors (Lipinski definition) is 1. The van der Waals surface area contributed by atoms with Crippen LogP contribution in [0.2, 0.25) is 0 Å². The summed E-state index contributed by atoms with van der Waals surface area (Å²) in [6.07, 6.45) is 8.73. The van der Waals surface area contributed by atoms with E-state index in [0.29, 0.717) is 12.4 Å². The number of nitrogens with zero attached hydrogens (tertiary/aromatic N) is 3. The second kappa shape index (κ2) is 4.07. The normalized spacial score (nSPS) is 10.0. The van der Waals surface area contributed by atoms with Crippen LogP contribution in [0, 0.1) is 19.3 Å². The molecule has 2 N–H and O–H groups in total. The number of nitrogens with two attached hydrogens (primary N) is 1. The lowest BCUT2D eigenvalue weighted by molar-refractivity contribution is 0.807. The van der Waals surface area contributed by atoms with Crippen molar-refractivity contribution in [2.24, 2.45) is 0 Å². The Labute approximate surface area is 94.1 Å². The zero-order valence-electron chi connectivity index (χ0n) is 9.01. The fourth-order valence-electron chi connectivity index (χ4n) is 1.59. The van der Waals surface area contributed by atoms with Crippen LogP contribution >= 0.6 is 0 Å². The van der Waals surface area contributed by atoms with Crippen LogP contribution in [0.1, 0.15) is 5.82 Å². The van der Waals surface area contributed by atoms with Gasteiger partial charge in [0.2, 0.25) is 0 Å². The first-order valence-electron chi connectivity index (χ1n) is 4.90.